The molecule has 0 atom stereocenters. The van der Waals surface area contributed by atoms with Crippen molar-refractivity contribution in [1.29, 1.82) is 0 Å². The molecule has 0 aliphatic rings. The van der Waals surface area contributed by atoms with Crippen LogP contribution in [0.2, 0.25) is 0 Å². The van der Waals surface area contributed by atoms with E-state index in [0.717, 1.165) is 6.54 Å². The average Bonchev–Trinajstić information content (AvgIpc) is 2.39. The Morgan fingerprint density at radius 3 is 1.89 bits per heavy atom. The fourth-order valence-corrected chi connectivity index (χ4v) is 2.45. The fraction of sp³-hybridized carbons (Fsp3) is 0.765. The fourth-order valence-electron chi connectivity index (χ4n) is 1.95. The van der Waals surface area contributed by atoms with Gasteiger partial charge in [-0.15, -0.1) is 0 Å². The molecule has 0 aromatic heterocycles. The summed E-state index contributed by atoms with van der Waals surface area (Å²) in [6, 6.07) is 0. The van der Waals surface area contributed by atoms with Gasteiger partial charge in [-0.05, 0) is 6.92 Å². The first kappa shape index (κ1) is 27.7. The van der Waals surface area contributed by atoms with Crippen molar-refractivity contribution in [3.8, 4) is 0 Å². The highest BCUT2D eigenvalue weighted by atomic mass is 32.2. The molecule has 0 heterocycles. The van der Waals surface area contributed by atoms with E-state index in [1.165, 1.54) is 0 Å². The molecule has 0 radical (unpaired) electrons. The Labute approximate surface area is 163 Å². The van der Waals surface area contributed by atoms with Gasteiger partial charge in [0, 0.05) is 18.4 Å². The minimum absolute atomic E-state index is 0.0694. The topological polar surface area (TPSA) is 121 Å². The van der Waals surface area contributed by atoms with Gasteiger partial charge in [0.15, 0.2) is 0 Å². The van der Waals surface area contributed by atoms with Crippen molar-refractivity contribution in [2.45, 2.75) is 19.8 Å². The number of likely N-dealkylation sites (N-methyl/N-ethyl adjacent to an activating group) is 1. The van der Waals surface area contributed by atoms with Crippen molar-refractivity contribution >= 4 is 22.1 Å². The molecule has 0 rings (SSSR count). The predicted molar refractivity (Wildman–Crippen MR) is 101 cm³/mol. The van der Waals surface area contributed by atoms with Gasteiger partial charge in [0.05, 0.1) is 66.7 Å². The number of rotatable bonds is 11. The van der Waals surface area contributed by atoms with Crippen LogP contribution in [-0.4, -0.2) is 101 Å². The number of quaternary nitrogens is 2. The second kappa shape index (κ2) is 12.1. The maximum absolute atomic E-state index is 11.1. The number of ether oxygens (including phenoxy) is 1. The molecule has 0 fully saturated rings. The van der Waals surface area contributed by atoms with Crippen LogP contribution in [0.25, 0.3) is 0 Å². The van der Waals surface area contributed by atoms with Gasteiger partial charge in [0.25, 0.3) is 10.1 Å². The van der Waals surface area contributed by atoms with E-state index in [0.29, 0.717) is 40.5 Å². The lowest BCUT2D eigenvalue weighted by Crippen LogP contribution is -2.45. The molecule has 9 nitrogen and oxygen atoms in total. The summed E-state index contributed by atoms with van der Waals surface area (Å²) in [4.78, 5) is 21.0. The summed E-state index contributed by atoms with van der Waals surface area (Å²) in [6.45, 7) is 6.87. The lowest BCUT2D eigenvalue weighted by molar-refractivity contribution is -0.890. The summed E-state index contributed by atoms with van der Waals surface area (Å²) in [6.07, 6.45) is 1.09. The van der Waals surface area contributed by atoms with Gasteiger partial charge in [0.1, 0.15) is 6.54 Å². The summed E-state index contributed by atoms with van der Waals surface area (Å²) in [7, 11) is 5.45. The first-order chi connectivity index (χ1) is 12.0. The summed E-state index contributed by atoms with van der Waals surface area (Å²) in [5.74, 6) is -1.62. The number of carbonyl (C=O) groups is 2. The number of hydrogen-bond acceptors (Lipinski definition) is 6. The third-order valence-corrected chi connectivity index (χ3v) is 4.06. The van der Waals surface area contributed by atoms with Crippen molar-refractivity contribution in [2.24, 2.45) is 0 Å². The maximum atomic E-state index is 11.1. The van der Waals surface area contributed by atoms with Crippen LogP contribution in [0.4, 0.5) is 0 Å². The molecular weight excluding hydrogens is 376 g/mol. The molecule has 0 aromatic carbocycles. The van der Waals surface area contributed by atoms with Crippen LogP contribution in [0.1, 0.15) is 19.8 Å². The lowest BCUT2D eigenvalue weighted by Gasteiger charge is -2.29. The molecule has 0 spiro atoms. The van der Waals surface area contributed by atoms with E-state index in [1.807, 2.05) is 14.1 Å². The Hall–Kier alpha value is -1.49. The molecule has 27 heavy (non-hydrogen) atoms. The standard InChI is InChI=1S/C12H23NO5S.C5H11NO2/c1-11(2)12(14)18-9-5-7-13(3,4)8-6-10-19(15,16)17;1-6(2,3)4-5(7)8/h1,5-10H2,2-4H3;4H2,1-3H3/p+1. The van der Waals surface area contributed by atoms with Gasteiger partial charge < -0.3 is 23.6 Å². The second-order valence-corrected chi connectivity index (χ2v) is 9.68. The number of carboxylic acid groups (broad SMARTS) is 1. The molecule has 0 saturated carbocycles. The molecule has 160 valence electrons. The minimum atomic E-state index is -3.88. The predicted octanol–water partition coefficient (Wildman–Crippen LogP) is -0.707. The zero-order valence-corrected chi connectivity index (χ0v) is 18.2. The van der Waals surface area contributed by atoms with E-state index in [2.05, 4.69) is 6.58 Å². The SMILES string of the molecule is C=C(C)C(=O)OCCC[N+](C)(C)CCCS(=O)(=O)O.C[N+](C)(C)CC(=O)[O-]. The number of esters is 1. The summed E-state index contributed by atoms with van der Waals surface area (Å²) < 4.78 is 35.8. The quantitative estimate of drug-likeness (QED) is 0.157. The van der Waals surface area contributed by atoms with Gasteiger partial charge in [-0.1, -0.05) is 6.58 Å². The van der Waals surface area contributed by atoms with E-state index in [4.69, 9.17) is 9.29 Å². The molecule has 0 bridgehead atoms. The first-order valence-corrected chi connectivity index (χ1v) is 10.2. The Kier molecular flexibility index (Phi) is 12.4. The molecule has 0 saturated heterocycles. The van der Waals surface area contributed by atoms with Crippen LogP contribution in [0.15, 0.2) is 12.2 Å². The van der Waals surface area contributed by atoms with Crippen molar-refractivity contribution in [1.82, 2.24) is 0 Å². The van der Waals surface area contributed by atoms with E-state index < -0.39 is 22.1 Å². The summed E-state index contributed by atoms with van der Waals surface area (Å²) >= 11 is 0. The number of carboxylic acids is 1. The van der Waals surface area contributed by atoms with Crippen molar-refractivity contribution in [2.75, 3.05) is 67.2 Å². The smallest absolute Gasteiger partial charge is 0.333 e. The first-order valence-electron chi connectivity index (χ1n) is 8.55. The number of aliphatic carboxylic acids is 1. The zero-order chi connectivity index (χ0) is 21.9. The third kappa shape index (κ3) is 22.5. The molecule has 1 N–H and O–H groups in total. The highest BCUT2D eigenvalue weighted by Crippen LogP contribution is 2.04. The van der Waals surface area contributed by atoms with E-state index in [1.54, 1.807) is 28.1 Å². The van der Waals surface area contributed by atoms with E-state index >= 15 is 0 Å². The molecular formula is C17H35N2O7S+. The molecule has 0 unspecified atom stereocenters. The van der Waals surface area contributed by atoms with Crippen LogP contribution in [0.5, 0.6) is 0 Å². The van der Waals surface area contributed by atoms with Gasteiger partial charge in [0.2, 0.25) is 0 Å². The normalized spacial score (nSPS) is 12.0. The number of nitrogens with zero attached hydrogens (tertiary/aromatic N) is 2. The molecule has 0 aliphatic carbocycles. The summed E-state index contributed by atoms with van der Waals surface area (Å²) in [5.41, 5.74) is 0.377. The van der Waals surface area contributed by atoms with Gasteiger partial charge in [-0.25, -0.2) is 4.79 Å². The van der Waals surface area contributed by atoms with Gasteiger partial charge >= 0.3 is 5.97 Å². The van der Waals surface area contributed by atoms with Gasteiger partial charge in [-0.3, -0.25) is 4.55 Å². The van der Waals surface area contributed by atoms with Crippen LogP contribution >= 0.6 is 0 Å². The lowest BCUT2D eigenvalue weighted by atomic mass is 10.3. The molecule has 0 aliphatic heterocycles. The highest BCUT2D eigenvalue weighted by molar-refractivity contribution is 7.85. The average molecular weight is 412 g/mol. The van der Waals surface area contributed by atoms with Crippen LogP contribution in [0.3, 0.4) is 0 Å². The van der Waals surface area contributed by atoms with E-state index in [-0.39, 0.29) is 12.3 Å². The van der Waals surface area contributed by atoms with Crippen LogP contribution < -0.4 is 5.11 Å². The Bertz CT molecular complexity index is 593. The van der Waals surface area contributed by atoms with Crippen LogP contribution in [0, 0.1) is 0 Å². The van der Waals surface area contributed by atoms with Crippen molar-refractivity contribution in [3.63, 3.8) is 0 Å². The van der Waals surface area contributed by atoms with Crippen LogP contribution in [-0.2, 0) is 24.4 Å². The second-order valence-electron chi connectivity index (χ2n) is 8.11. The number of carbonyl (C=O) groups excluding carboxylic acids is 2. The Morgan fingerprint density at radius 1 is 1.07 bits per heavy atom. The van der Waals surface area contributed by atoms with Gasteiger partial charge in [-0.2, -0.15) is 8.42 Å². The summed E-state index contributed by atoms with van der Waals surface area (Å²) in [5, 5.41) is 9.89. The molecule has 10 heteroatoms. The Morgan fingerprint density at radius 2 is 1.56 bits per heavy atom. The van der Waals surface area contributed by atoms with E-state index in [9.17, 15) is 23.1 Å². The maximum Gasteiger partial charge on any atom is 0.333 e. The van der Waals surface area contributed by atoms with Crippen molar-refractivity contribution < 1.29 is 41.4 Å². The number of hydrogen-bond donors (Lipinski definition) is 1. The highest BCUT2D eigenvalue weighted by Gasteiger charge is 2.16. The minimum Gasteiger partial charge on any atom is -0.544 e. The molecule has 0 aromatic rings. The monoisotopic (exact) mass is 411 g/mol. The largest absolute Gasteiger partial charge is 0.544 e. The Balaban J connectivity index is 0. The van der Waals surface area contributed by atoms with Crippen molar-refractivity contribution in [3.05, 3.63) is 12.2 Å². The molecule has 0 amide bonds. The third-order valence-electron chi connectivity index (χ3n) is 3.26. The zero-order valence-electron chi connectivity index (χ0n) is 17.4.